The first-order chi connectivity index (χ1) is 6.79. The van der Waals surface area contributed by atoms with Gasteiger partial charge < -0.3 is 5.32 Å². The van der Waals surface area contributed by atoms with Crippen LogP contribution in [0.3, 0.4) is 0 Å². The van der Waals surface area contributed by atoms with Crippen LogP contribution in [0.15, 0.2) is 18.2 Å². The van der Waals surface area contributed by atoms with Gasteiger partial charge in [0.05, 0.1) is 0 Å². The fourth-order valence-electron chi connectivity index (χ4n) is 2.12. The summed E-state index contributed by atoms with van der Waals surface area (Å²) in [6.45, 7) is 3.24. The third kappa shape index (κ3) is 1.94. The molecule has 0 aromatic heterocycles. The molecule has 0 saturated carbocycles. The van der Waals surface area contributed by atoms with Crippen molar-refractivity contribution in [2.45, 2.75) is 32.2 Å². The van der Waals surface area contributed by atoms with Crippen LogP contribution >= 0.6 is 11.6 Å². The minimum Gasteiger partial charge on any atom is -0.310 e. The fraction of sp³-hybridized carbons (Fsp3) is 0.500. The van der Waals surface area contributed by atoms with E-state index in [1.807, 2.05) is 12.1 Å². The highest BCUT2D eigenvalue weighted by molar-refractivity contribution is 6.31. The molecule has 1 aliphatic heterocycles. The molecule has 0 amide bonds. The Kier molecular flexibility index (Phi) is 3.09. The van der Waals surface area contributed by atoms with Crippen LogP contribution in [-0.2, 0) is 0 Å². The molecule has 1 fully saturated rings. The molecule has 1 heterocycles. The summed E-state index contributed by atoms with van der Waals surface area (Å²) in [6, 6.07) is 6.71. The second-order valence-electron chi connectivity index (χ2n) is 3.96. The van der Waals surface area contributed by atoms with Gasteiger partial charge in [-0.3, -0.25) is 0 Å². The van der Waals surface area contributed by atoms with Gasteiger partial charge >= 0.3 is 0 Å². The lowest BCUT2D eigenvalue weighted by molar-refractivity contribution is 0.411. The van der Waals surface area contributed by atoms with Gasteiger partial charge in [0.25, 0.3) is 0 Å². The number of hydrogen-bond donors (Lipinski definition) is 1. The summed E-state index contributed by atoms with van der Waals surface area (Å²) in [4.78, 5) is 0. The van der Waals surface area contributed by atoms with Crippen LogP contribution in [0, 0.1) is 6.92 Å². The second-order valence-corrected chi connectivity index (χ2v) is 4.36. The van der Waals surface area contributed by atoms with Gasteiger partial charge in [0, 0.05) is 11.1 Å². The van der Waals surface area contributed by atoms with Gasteiger partial charge in [0.1, 0.15) is 0 Å². The Morgan fingerprint density at radius 2 is 2.21 bits per heavy atom. The van der Waals surface area contributed by atoms with Crippen molar-refractivity contribution in [3.05, 3.63) is 34.3 Å². The molecule has 1 aromatic rings. The number of halogens is 1. The van der Waals surface area contributed by atoms with E-state index in [1.165, 1.54) is 30.4 Å². The summed E-state index contributed by atoms with van der Waals surface area (Å²) in [5.74, 6) is 0. The monoisotopic (exact) mass is 209 g/mol. The first-order valence-electron chi connectivity index (χ1n) is 5.27. The number of benzene rings is 1. The van der Waals surface area contributed by atoms with Crippen LogP contribution < -0.4 is 5.32 Å². The molecule has 1 aromatic carbocycles. The zero-order valence-corrected chi connectivity index (χ0v) is 9.27. The third-order valence-corrected chi connectivity index (χ3v) is 3.40. The molecule has 14 heavy (non-hydrogen) atoms. The molecular weight excluding hydrogens is 194 g/mol. The van der Waals surface area contributed by atoms with Crippen LogP contribution in [0.2, 0.25) is 5.02 Å². The van der Waals surface area contributed by atoms with E-state index >= 15 is 0 Å². The van der Waals surface area contributed by atoms with E-state index in [1.54, 1.807) is 0 Å². The van der Waals surface area contributed by atoms with E-state index < -0.39 is 0 Å². The SMILES string of the molecule is Cc1c(Cl)cccc1[C@@H]1CCCCN1. The lowest BCUT2D eigenvalue weighted by atomic mass is 9.94. The van der Waals surface area contributed by atoms with Crippen molar-refractivity contribution in [3.63, 3.8) is 0 Å². The summed E-state index contributed by atoms with van der Waals surface area (Å²) >= 11 is 6.11. The van der Waals surface area contributed by atoms with Crippen LogP contribution in [0.4, 0.5) is 0 Å². The highest BCUT2D eigenvalue weighted by Gasteiger charge is 2.16. The summed E-state index contributed by atoms with van der Waals surface area (Å²) in [7, 11) is 0. The van der Waals surface area contributed by atoms with Crippen molar-refractivity contribution in [1.29, 1.82) is 0 Å². The van der Waals surface area contributed by atoms with Gasteiger partial charge in [-0.05, 0) is 43.5 Å². The minimum atomic E-state index is 0.516. The van der Waals surface area contributed by atoms with Crippen molar-refractivity contribution in [1.82, 2.24) is 5.32 Å². The Bertz CT molecular complexity index is 316. The van der Waals surface area contributed by atoms with E-state index in [0.29, 0.717) is 6.04 Å². The van der Waals surface area contributed by atoms with Crippen LogP contribution in [0.1, 0.15) is 36.4 Å². The van der Waals surface area contributed by atoms with Gasteiger partial charge in [0.2, 0.25) is 0 Å². The molecule has 2 rings (SSSR count). The van der Waals surface area contributed by atoms with Gasteiger partial charge in [-0.2, -0.15) is 0 Å². The number of nitrogens with one attached hydrogen (secondary N) is 1. The van der Waals surface area contributed by atoms with Crippen molar-refractivity contribution in [2.75, 3.05) is 6.54 Å². The lowest BCUT2D eigenvalue weighted by Gasteiger charge is -2.25. The van der Waals surface area contributed by atoms with Gasteiger partial charge in [-0.25, -0.2) is 0 Å². The molecular formula is C12H16ClN. The molecule has 1 atom stereocenters. The van der Waals surface area contributed by atoms with Gasteiger partial charge in [0.15, 0.2) is 0 Å². The Hall–Kier alpha value is -0.530. The first-order valence-corrected chi connectivity index (χ1v) is 5.65. The molecule has 1 nitrogen and oxygen atoms in total. The smallest absolute Gasteiger partial charge is 0.0438 e. The Balaban J connectivity index is 2.26. The molecule has 2 heteroatoms. The molecule has 0 unspecified atom stereocenters. The Labute approximate surface area is 90.5 Å². The molecule has 0 bridgehead atoms. The van der Waals surface area contributed by atoms with Crippen LogP contribution in [0.5, 0.6) is 0 Å². The zero-order chi connectivity index (χ0) is 9.97. The normalized spacial score (nSPS) is 22.3. The standard InChI is InChI=1S/C12H16ClN/c1-9-10(5-4-6-11(9)13)12-7-2-3-8-14-12/h4-6,12,14H,2-3,7-8H2,1H3/t12-/m0/s1. The number of rotatable bonds is 1. The quantitative estimate of drug-likeness (QED) is 0.747. The third-order valence-electron chi connectivity index (χ3n) is 3.00. The van der Waals surface area contributed by atoms with Crippen molar-refractivity contribution in [3.8, 4) is 0 Å². The summed E-state index contributed by atoms with van der Waals surface area (Å²) < 4.78 is 0. The topological polar surface area (TPSA) is 12.0 Å². The van der Waals surface area contributed by atoms with E-state index in [-0.39, 0.29) is 0 Å². The van der Waals surface area contributed by atoms with Crippen molar-refractivity contribution in [2.24, 2.45) is 0 Å². The molecule has 1 aliphatic rings. The first kappa shape index (κ1) is 10.0. The average molecular weight is 210 g/mol. The molecule has 1 N–H and O–H groups in total. The summed E-state index contributed by atoms with van der Waals surface area (Å²) in [5.41, 5.74) is 2.60. The maximum atomic E-state index is 6.11. The maximum absolute atomic E-state index is 6.11. The van der Waals surface area contributed by atoms with Crippen LogP contribution in [0.25, 0.3) is 0 Å². The van der Waals surface area contributed by atoms with Crippen molar-refractivity contribution >= 4 is 11.6 Å². The highest BCUT2D eigenvalue weighted by atomic mass is 35.5. The molecule has 0 spiro atoms. The minimum absolute atomic E-state index is 0.516. The maximum Gasteiger partial charge on any atom is 0.0438 e. The molecule has 76 valence electrons. The second kappa shape index (κ2) is 4.33. The number of piperidine rings is 1. The van der Waals surface area contributed by atoms with E-state index in [0.717, 1.165) is 11.6 Å². The highest BCUT2D eigenvalue weighted by Crippen LogP contribution is 2.28. The molecule has 1 saturated heterocycles. The predicted octanol–water partition coefficient (Wildman–Crippen LogP) is 3.46. The largest absolute Gasteiger partial charge is 0.310 e. The van der Waals surface area contributed by atoms with E-state index in [9.17, 15) is 0 Å². The average Bonchev–Trinajstić information content (AvgIpc) is 2.23. The predicted molar refractivity (Wildman–Crippen MR) is 60.8 cm³/mol. The van der Waals surface area contributed by atoms with Gasteiger partial charge in [-0.1, -0.05) is 30.2 Å². The van der Waals surface area contributed by atoms with Crippen molar-refractivity contribution < 1.29 is 0 Å². The van der Waals surface area contributed by atoms with E-state index in [2.05, 4.69) is 18.3 Å². The summed E-state index contributed by atoms with van der Waals surface area (Å²) in [5, 5.41) is 4.43. The van der Waals surface area contributed by atoms with Crippen LogP contribution in [-0.4, -0.2) is 6.54 Å². The zero-order valence-electron chi connectivity index (χ0n) is 8.52. The fourth-order valence-corrected chi connectivity index (χ4v) is 2.30. The summed E-state index contributed by atoms with van der Waals surface area (Å²) in [6.07, 6.45) is 3.86. The van der Waals surface area contributed by atoms with E-state index in [4.69, 9.17) is 11.6 Å². The Morgan fingerprint density at radius 1 is 1.36 bits per heavy atom. The Morgan fingerprint density at radius 3 is 2.93 bits per heavy atom. The molecule has 0 aliphatic carbocycles. The lowest BCUT2D eigenvalue weighted by Crippen LogP contribution is -2.27. The number of hydrogen-bond acceptors (Lipinski definition) is 1. The molecule has 0 radical (unpaired) electrons. The van der Waals surface area contributed by atoms with Gasteiger partial charge in [-0.15, -0.1) is 0 Å².